The highest BCUT2D eigenvalue weighted by molar-refractivity contribution is 5.35. The summed E-state index contributed by atoms with van der Waals surface area (Å²) in [5.74, 6) is 0. The van der Waals surface area contributed by atoms with E-state index in [0.29, 0.717) is 0 Å². The molecule has 0 aliphatic heterocycles. The van der Waals surface area contributed by atoms with Crippen molar-refractivity contribution in [3.63, 3.8) is 0 Å². The SMILES string of the molecule is CC(NCc1ccncn1)c1ccc(-n2ccnc2)cc1. The number of benzene rings is 1. The van der Waals surface area contributed by atoms with Gasteiger partial charge in [-0.1, -0.05) is 12.1 Å². The first kappa shape index (κ1) is 13.5. The van der Waals surface area contributed by atoms with E-state index in [2.05, 4.69) is 51.5 Å². The normalized spacial score (nSPS) is 12.2. The van der Waals surface area contributed by atoms with Crippen LogP contribution in [0.4, 0.5) is 0 Å². The number of imidazole rings is 1. The van der Waals surface area contributed by atoms with E-state index in [1.54, 1.807) is 25.0 Å². The fourth-order valence-electron chi connectivity index (χ4n) is 2.15. The summed E-state index contributed by atoms with van der Waals surface area (Å²) < 4.78 is 1.99. The maximum atomic E-state index is 4.21. The number of hydrogen-bond donors (Lipinski definition) is 1. The van der Waals surface area contributed by atoms with E-state index in [-0.39, 0.29) is 6.04 Å². The molecular formula is C16H17N5. The van der Waals surface area contributed by atoms with Crippen molar-refractivity contribution in [3.05, 3.63) is 72.8 Å². The van der Waals surface area contributed by atoms with Crippen molar-refractivity contribution in [2.75, 3.05) is 0 Å². The summed E-state index contributed by atoms with van der Waals surface area (Å²) in [4.78, 5) is 12.2. The van der Waals surface area contributed by atoms with Gasteiger partial charge < -0.3 is 9.88 Å². The maximum absolute atomic E-state index is 4.21. The zero-order valence-corrected chi connectivity index (χ0v) is 11.8. The Kier molecular flexibility index (Phi) is 4.02. The van der Waals surface area contributed by atoms with Crippen LogP contribution in [0.5, 0.6) is 0 Å². The van der Waals surface area contributed by atoms with Gasteiger partial charge in [0.25, 0.3) is 0 Å². The minimum atomic E-state index is 0.261. The van der Waals surface area contributed by atoms with Crippen molar-refractivity contribution in [2.45, 2.75) is 19.5 Å². The third-order valence-electron chi connectivity index (χ3n) is 3.43. The summed E-state index contributed by atoms with van der Waals surface area (Å²) in [6.07, 6.45) is 8.84. The van der Waals surface area contributed by atoms with Gasteiger partial charge in [-0.05, 0) is 30.7 Å². The molecule has 1 unspecified atom stereocenters. The van der Waals surface area contributed by atoms with Crippen LogP contribution in [0.3, 0.4) is 0 Å². The average Bonchev–Trinajstić information content (AvgIpc) is 3.08. The Morgan fingerprint density at radius 1 is 1.10 bits per heavy atom. The number of aromatic nitrogens is 4. The molecule has 2 aromatic heterocycles. The lowest BCUT2D eigenvalue weighted by Crippen LogP contribution is -2.18. The van der Waals surface area contributed by atoms with Gasteiger partial charge in [0.1, 0.15) is 6.33 Å². The molecule has 0 spiro atoms. The zero-order valence-electron chi connectivity index (χ0n) is 11.8. The van der Waals surface area contributed by atoms with E-state index in [1.165, 1.54) is 5.56 Å². The molecule has 1 atom stereocenters. The van der Waals surface area contributed by atoms with Gasteiger partial charge in [0, 0.05) is 36.9 Å². The van der Waals surface area contributed by atoms with Crippen LogP contribution in [0.25, 0.3) is 5.69 Å². The Morgan fingerprint density at radius 2 is 1.95 bits per heavy atom. The van der Waals surface area contributed by atoms with Gasteiger partial charge in [0.05, 0.1) is 12.0 Å². The molecule has 3 rings (SSSR count). The van der Waals surface area contributed by atoms with Gasteiger partial charge in [0.2, 0.25) is 0 Å². The van der Waals surface area contributed by atoms with Crippen LogP contribution in [-0.2, 0) is 6.54 Å². The third-order valence-corrected chi connectivity index (χ3v) is 3.43. The molecule has 0 aliphatic rings. The molecule has 0 fully saturated rings. The smallest absolute Gasteiger partial charge is 0.115 e. The largest absolute Gasteiger partial charge is 0.306 e. The van der Waals surface area contributed by atoms with Crippen molar-refractivity contribution in [1.82, 2.24) is 24.8 Å². The predicted molar refractivity (Wildman–Crippen MR) is 80.9 cm³/mol. The van der Waals surface area contributed by atoms with Gasteiger partial charge in [-0.2, -0.15) is 0 Å². The molecule has 0 amide bonds. The molecule has 1 aromatic carbocycles. The Bertz CT molecular complexity index is 662. The monoisotopic (exact) mass is 279 g/mol. The first-order valence-electron chi connectivity index (χ1n) is 6.89. The summed E-state index contributed by atoms with van der Waals surface area (Å²) in [5, 5.41) is 3.46. The van der Waals surface area contributed by atoms with Crippen molar-refractivity contribution < 1.29 is 0 Å². The predicted octanol–water partition coefficient (Wildman–Crippen LogP) is 2.51. The highest BCUT2D eigenvalue weighted by Gasteiger charge is 2.05. The summed E-state index contributed by atoms with van der Waals surface area (Å²) in [7, 11) is 0. The summed E-state index contributed by atoms with van der Waals surface area (Å²) in [6, 6.07) is 10.6. The average molecular weight is 279 g/mol. The van der Waals surface area contributed by atoms with Crippen LogP contribution in [0, 0.1) is 0 Å². The van der Waals surface area contributed by atoms with E-state index in [0.717, 1.165) is 17.9 Å². The van der Waals surface area contributed by atoms with Crippen LogP contribution >= 0.6 is 0 Å². The van der Waals surface area contributed by atoms with Crippen LogP contribution in [0.2, 0.25) is 0 Å². The summed E-state index contributed by atoms with van der Waals surface area (Å²) in [6.45, 7) is 2.88. The number of nitrogens with one attached hydrogen (secondary N) is 1. The van der Waals surface area contributed by atoms with E-state index < -0.39 is 0 Å². The molecule has 5 heteroatoms. The second kappa shape index (κ2) is 6.28. The second-order valence-corrected chi connectivity index (χ2v) is 4.86. The minimum Gasteiger partial charge on any atom is -0.306 e. The summed E-state index contributed by atoms with van der Waals surface area (Å²) in [5.41, 5.74) is 3.35. The van der Waals surface area contributed by atoms with Gasteiger partial charge >= 0.3 is 0 Å². The third kappa shape index (κ3) is 3.32. The highest BCUT2D eigenvalue weighted by Crippen LogP contribution is 2.16. The fourth-order valence-corrected chi connectivity index (χ4v) is 2.15. The fraction of sp³-hybridized carbons (Fsp3) is 0.188. The summed E-state index contributed by atoms with van der Waals surface area (Å²) >= 11 is 0. The second-order valence-electron chi connectivity index (χ2n) is 4.86. The van der Waals surface area contributed by atoms with E-state index in [9.17, 15) is 0 Å². The van der Waals surface area contributed by atoms with Gasteiger partial charge in [0.15, 0.2) is 0 Å². The zero-order chi connectivity index (χ0) is 14.5. The van der Waals surface area contributed by atoms with Crippen molar-refractivity contribution in [1.29, 1.82) is 0 Å². The van der Waals surface area contributed by atoms with Gasteiger partial charge in [-0.25, -0.2) is 15.0 Å². The Morgan fingerprint density at radius 3 is 2.62 bits per heavy atom. The molecule has 0 saturated carbocycles. The van der Waals surface area contributed by atoms with Crippen LogP contribution in [0.15, 0.2) is 61.6 Å². The number of nitrogens with zero attached hydrogens (tertiary/aromatic N) is 4. The standard InChI is InChI=1S/C16H17N5/c1-13(19-10-15-6-7-17-11-20-15)14-2-4-16(5-3-14)21-9-8-18-12-21/h2-9,11-13,19H,10H2,1H3. The van der Waals surface area contributed by atoms with Crippen LogP contribution in [0.1, 0.15) is 24.2 Å². The van der Waals surface area contributed by atoms with E-state index >= 15 is 0 Å². The molecule has 0 bridgehead atoms. The minimum absolute atomic E-state index is 0.261. The van der Waals surface area contributed by atoms with Crippen molar-refractivity contribution in [2.24, 2.45) is 0 Å². The maximum Gasteiger partial charge on any atom is 0.115 e. The van der Waals surface area contributed by atoms with Gasteiger partial charge in [-0.3, -0.25) is 0 Å². The van der Waals surface area contributed by atoms with Crippen LogP contribution in [-0.4, -0.2) is 19.5 Å². The van der Waals surface area contributed by atoms with E-state index in [1.807, 2.05) is 16.8 Å². The molecule has 1 N–H and O–H groups in total. The Hall–Kier alpha value is -2.53. The van der Waals surface area contributed by atoms with Crippen LogP contribution < -0.4 is 5.32 Å². The molecule has 3 aromatic rings. The lowest BCUT2D eigenvalue weighted by Gasteiger charge is -2.14. The lowest BCUT2D eigenvalue weighted by molar-refractivity contribution is 0.567. The Balaban J connectivity index is 1.64. The van der Waals surface area contributed by atoms with Crippen molar-refractivity contribution in [3.8, 4) is 5.69 Å². The topological polar surface area (TPSA) is 55.6 Å². The Labute approximate surface area is 123 Å². The number of hydrogen-bond acceptors (Lipinski definition) is 4. The molecule has 5 nitrogen and oxygen atoms in total. The first-order chi connectivity index (χ1) is 10.3. The molecule has 21 heavy (non-hydrogen) atoms. The molecular weight excluding hydrogens is 262 g/mol. The first-order valence-corrected chi connectivity index (χ1v) is 6.89. The van der Waals surface area contributed by atoms with Crippen molar-refractivity contribution >= 4 is 0 Å². The molecule has 106 valence electrons. The quantitative estimate of drug-likeness (QED) is 0.779. The lowest BCUT2D eigenvalue weighted by atomic mass is 10.1. The molecule has 0 saturated heterocycles. The van der Waals surface area contributed by atoms with Gasteiger partial charge in [-0.15, -0.1) is 0 Å². The molecule has 2 heterocycles. The van der Waals surface area contributed by atoms with E-state index in [4.69, 9.17) is 0 Å². The molecule has 0 aliphatic carbocycles. The molecule has 0 radical (unpaired) electrons. The number of rotatable bonds is 5. The highest BCUT2D eigenvalue weighted by atomic mass is 15.0.